The zero-order valence-electron chi connectivity index (χ0n) is 28.7. The third-order valence-electron chi connectivity index (χ3n) is 7.67. The largest absolute Gasteiger partial charge is 0.387 e. The van der Waals surface area contributed by atoms with Gasteiger partial charge in [0.05, 0.1) is 17.9 Å². The van der Waals surface area contributed by atoms with Crippen molar-refractivity contribution in [2.45, 2.75) is 167 Å². The van der Waals surface area contributed by atoms with Crippen LogP contribution in [-0.2, 0) is 14.9 Å². The number of amides is 1. The van der Waals surface area contributed by atoms with Gasteiger partial charge in [-0.3, -0.25) is 9.35 Å². The number of carbonyl (C=O) groups excluding carboxylic acids is 1. The third-order valence-corrected chi connectivity index (χ3v) is 8.45. The minimum Gasteiger partial charge on any atom is -0.387 e. The number of carbonyl (C=O) groups is 1. The minimum atomic E-state index is -4.35. The number of hydrogen-bond acceptors (Lipinski definition) is 4. The second-order valence-corrected chi connectivity index (χ2v) is 13.6. The second kappa shape index (κ2) is 32.0. The number of rotatable bonds is 31. The van der Waals surface area contributed by atoms with Gasteiger partial charge in [0.25, 0.3) is 10.1 Å². The topological polar surface area (TPSA) is 104 Å². The number of unbranched alkanes of at least 4 members (excludes halogenated alkanes) is 15. The van der Waals surface area contributed by atoms with E-state index in [-0.39, 0.29) is 12.3 Å². The van der Waals surface area contributed by atoms with Crippen molar-refractivity contribution in [3.8, 4) is 0 Å². The summed E-state index contributed by atoms with van der Waals surface area (Å²) in [5.74, 6) is -1.03. The van der Waals surface area contributed by atoms with Crippen LogP contribution in [0.5, 0.6) is 0 Å². The second-order valence-electron chi connectivity index (χ2n) is 12.1. The molecule has 260 valence electrons. The van der Waals surface area contributed by atoms with Gasteiger partial charge in [0.2, 0.25) is 5.91 Å². The van der Waals surface area contributed by atoms with E-state index in [1.54, 1.807) is 6.08 Å². The Morgan fingerprint density at radius 1 is 0.600 bits per heavy atom. The molecule has 0 radical (unpaired) electrons. The van der Waals surface area contributed by atoms with Crippen LogP contribution in [0.25, 0.3) is 0 Å². The molecule has 0 saturated heterocycles. The van der Waals surface area contributed by atoms with Crippen LogP contribution in [0, 0.1) is 0 Å². The van der Waals surface area contributed by atoms with Gasteiger partial charge in [-0.05, 0) is 70.6 Å². The Kier molecular flexibility index (Phi) is 30.6. The first-order valence-corrected chi connectivity index (χ1v) is 19.6. The SMILES string of the molecule is CCCCC/C=C/CC/C=C/C(O)C(CS(=O)(=O)O)NC(=O)CCCCCCCC/C=C\C/C=C\C/C=C\CCCCCCC. The first-order chi connectivity index (χ1) is 21.8. The highest BCUT2D eigenvalue weighted by atomic mass is 32.2. The summed E-state index contributed by atoms with van der Waals surface area (Å²) in [7, 11) is -4.35. The standard InChI is InChI=1S/C38H67NO5S/c1-3-5-7-9-11-13-14-15-16-17-18-19-20-21-22-23-24-26-28-30-32-34-38(41)39-36(35-45(42,43)44)37(40)33-31-29-27-25-12-10-8-6-4-2/h12,14-15,17-18,20-21,25,31,33,36-37,40H,3-11,13,16,19,22-24,26-30,32,34-35H2,1-2H3,(H,39,41)(H,42,43,44)/b15-14-,18-17-,21-20-,25-12+,33-31+. The molecule has 0 aromatic heterocycles. The van der Waals surface area contributed by atoms with E-state index >= 15 is 0 Å². The molecular weight excluding hydrogens is 582 g/mol. The Morgan fingerprint density at radius 3 is 1.60 bits per heavy atom. The Balaban J connectivity index is 3.99. The molecule has 0 aromatic rings. The monoisotopic (exact) mass is 649 g/mol. The molecule has 2 unspecified atom stereocenters. The van der Waals surface area contributed by atoms with Crippen molar-refractivity contribution in [1.29, 1.82) is 0 Å². The van der Waals surface area contributed by atoms with E-state index in [0.29, 0.717) is 12.8 Å². The average molecular weight is 650 g/mol. The van der Waals surface area contributed by atoms with Crippen LogP contribution < -0.4 is 5.32 Å². The lowest BCUT2D eigenvalue weighted by Gasteiger charge is -2.21. The molecule has 0 fully saturated rings. The van der Waals surface area contributed by atoms with Gasteiger partial charge in [-0.15, -0.1) is 0 Å². The van der Waals surface area contributed by atoms with Crippen molar-refractivity contribution < 1.29 is 22.9 Å². The maximum Gasteiger partial charge on any atom is 0.267 e. The maximum absolute atomic E-state index is 12.4. The van der Waals surface area contributed by atoms with Gasteiger partial charge < -0.3 is 10.4 Å². The lowest BCUT2D eigenvalue weighted by atomic mass is 10.1. The van der Waals surface area contributed by atoms with Gasteiger partial charge in [0, 0.05) is 6.42 Å². The van der Waals surface area contributed by atoms with Gasteiger partial charge in [0.1, 0.15) is 0 Å². The van der Waals surface area contributed by atoms with Crippen molar-refractivity contribution in [3.63, 3.8) is 0 Å². The van der Waals surface area contributed by atoms with Crippen molar-refractivity contribution in [3.05, 3.63) is 60.8 Å². The number of hydrogen-bond donors (Lipinski definition) is 3. The van der Waals surface area contributed by atoms with Crippen molar-refractivity contribution in [2.24, 2.45) is 0 Å². The van der Waals surface area contributed by atoms with E-state index in [4.69, 9.17) is 0 Å². The summed E-state index contributed by atoms with van der Waals surface area (Å²) in [5, 5.41) is 13.1. The van der Waals surface area contributed by atoms with E-state index in [9.17, 15) is 22.9 Å². The Hall–Kier alpha value is -1.96. The molecule has 1 amide bonds. The molecule has 0 aliphatic heterocycles. The van der Waals surface area contributed by atoms with Gasteiger partial charge in [-0.1, -0.05) is 139 Å². The Labute approximate surface area is 277 Å². The lowest BCUT2D eigenvalue weighted by molar-refractivity contribution is -0.122. The fourth-order valence-corrected chi connectivity index (χ4v) is 5.67. The quantitative estimate of drug-likeness (QED) is 0.0394. The highest BCUT2D eigenvalue weighted by Crippen LogP contribution is 2.11. The molecular formula is C38H67NO5S. The molecule has 0 rings (SSSR count). The van der Waals surface area contributed by atoms with Gasteiger partial charge in [-0.25, -0.2) is 0 Å². The zero-order valence-corrected chi connectivity index (χ0v) is 29.5. The Bertz CT molecular complexity index is 936. The molecule has 2 atom stereocenters. The summed E-state index contributed by atoms with van der Waals surface area (Å²) in [6, 6.07) is -1.08. The summed E-state index contributed by atoms with van der Waals surface area (Å²) in [5.41, 5.74) is 0. The molecule has 0 bridgehead atoms. The Morgan fingerprint density at radius 2 is 1.02 bits per heavy atom. The van der Waals surface area contributed by atoms with Crippen LogP contribution >= 0.6 is 0 Å². The number of aliphatic hydroxyl groups is 1. The minimum absolute atomic E-state index is 0.270. The summed E-state index contributed by atoms with van der Waals surface area (Å²) in [6.07, 6.45) is 43.6. The number of aliphatic hydroxyl groups excluding tert-OH is 1. The zero-order chi connectivity index (χ0) is 33.3. The summed E-state index contributed by atoms with van der Waals surface area (Å²) in [6.45, 7) is 4.43. The van der Waals surface area contributed by atoms with Crippen molar-refractivity contribution >= 4 is 16.0 Å². The summed E-state index contributed by atoms with van der Waals surface area (Å²) >= 11 is 0. The number of allylic oxidation sites excluding steroid dienone is 9. The van der Waals surface area contributed by atoms with E-state index in [0.717, 1.165) is 51.4 Å². The highest BCUT2D eigenvalue weighted by Gasteiger charge is 2.24. The van der Waals surface area contributed by atoms with Gasteiger partial charge in [0.15, 0.2) is 0 Å². The van der Waals surface area contributed by atoms with E-state index in [1.807, 2.05) is 0 Å². The predicted molar refractivity (Wildman–Crippen MR) is 193 cm³/mol. The van der Waals surface area contributed by atoms with Gasteiger partial charge in [-0.2, -0.15) is 8.42 Å². The maximum atomic E-state index is 12.4. The average Bonchev–Trinajstić information content (AvgIpc) is 3.00. The first-order valence-electron chi connectivity index (χ1n) is 18.0. The van der Waals surface area contributed by atoms with Crippen LogP contribution in [0.1, 0.15) is 155 Å². The first kappa shape index (κ1) is 43.0. The van der Waals surface area contributed by atoms with Crippen molar-refractivity contribution in [2.75, 3.05) is 5.75 Å². The highest BCUT2D eigenvalue weighted by molar-refractivity contribution is 7.85. The van der Waals surface area contributed by atoms with E-state index in [1.165, 1.54) is 76.7 Å². The van der Waals surface area contributed by atoms with Crippen LogP contribution in [0.2, 0.25) is 0 Å². The smallest absolute Gasteiger partial charge is 0.267 e. The molecule has 6 nitrogen and oxygen atoms in total. The summed E-state index contributed by atoms with van der Waals surface area (Å²) in [4.78, 5) is 12.4. The predicted octanol–water partition coefficient (Wildman–Crippen LogP) is 10.1. The van der Waals surface area contributed by atoms with Crippen LogP contribution in [0.4, 0.5) is 0 Å². The molecule has 0 aromatic carbocycles. The fraction of sp³-hybridized carbons (Fsp3) is 0.711. The molecule has 3 N–H and O–H groups in total. The van der Waals surface area contributed by atoms with Crippen molar-refractivity contribution in [1.82, 2.24) is 5.32 Å². The van der Waals surface area contributed by atoms with E-state index in [2.05, 4.69) is 67.8 Å². The molecule has 0 aliphatic rings. The van der Waals surface area contributed by atoms with E-state index < -0.39 is 28.0 Å². The molecule has 7 heteroatoms. The van der Waals surface area contributed by atoms with Crippen LogP contribution in [0.15, 0.2) is 60.8 Å². The third kappa shape index (κ3) is 33.2. The fourth-order valence-electron chi connectivity index (χ4n) is 4.94. The molecule has 0 heterocycles. The summed E-state index contributed by atoms with van der Waals surface area (Å²) < 4.78 is 32.2. The normalized spacial score (nSPS) is 14.1. The molecule has 45 heavy (non-hydrogen) atoms. The van der Waals surface area contributed by atoms with Gasteiger partial charge >= 0.3 is 0 Å². The van der Waals surface area contributed by atoms with Crippen LogP contribution in [0.3, 0.4) is 0 Å². The molecule has 0 aliphatic carbocycles. The number of nitrogens with one attached hydrogen (secondary N) is 1. The molecule has 0 spiro atoms. The molecule has 0 saturated carbocycles. The lowest BCUT2D eigenvalue weighted by Crippen LogP contribution is -2.46. The van der Waals surface area contributed by atoms with Crippen LogP contribution in [-0.4, -0.2) is 41.9 Å².